The number of piperidine rings is 1. The van der Waals surface area contributed by atoms with E-state index in [1.54, 1.807) is 7.11 Å². The zero-order valence-corrected chi connectivity index (χ0v) is 15.8. The van der Waals surface area contributed by atoms with Crippen molar-refractivity contribution in [2.45, 2.75) is 38.6 Å². The predicted molar refractivity (Wildman–Crippen MR) is 98.4 cm³/mol. The van der Waals surface area contributed by atoms with Gasteiger partial charge in [0.25, 0.3) is 0 Å². The molecule has 0 saturated carbocycles. The summed E-state index contributed by atoms with van der Waals surface area (Å²) in [5.74, 6) is -0.350. The zero-order valence-electron chi connectivity index (χ0n) is 15.8. The minimum absolute atomic E-state index is 0.0642. The van der Waals surface area contributed by atoms with E-state index in [2.05, 4.69) is 0 Å². The van der Waals surface area contributed by atoms with Gasteiger partial charge < -0.3 is 19.6 Å². The van der Waals surface area contributed by atoms with Crippen LogP contribution in [-0.2, 0) is 20.8 Å². The summed E-state index contributed by atoms with van der Waals surface area (Å²) in [5.41, 5.74) is 0.718. The molecule has 1 spiro atoms. The minimum atomic E-state index is -0.946. The van der Waals surface area contributed by atoms with Crippen LogP contribution < -0.4 is 4.74 Å². The molecule has 3 rings (SSSR count). The van der Waals surface area contributed by atoms with E-state index in [0.29, 0.717) is 32.5 Å². The van der Waals surface area contributed by atoms with Gasteiger partial charge in [0.05, 0.1) is 13.5 Å². The van der Waals surface area contributed by atoms with Crippen LogP contribution in [0.5, 0.6) is 5.75 Å². The molecule has 2 saturated heterocycles. The topological polar surface area (TPSA) is 87.2 Å². The molecule has 0 bridgehead atoms. The number of nitrogens with zero attached hydrogens (tertiary/aromatic N) is 2. The Hall–Kier alpha value is -2.57. The number of rotatable bonds is 4. The quantitative estimate of drug-likeness (QED) is 0.864. The number of hydrogen-bond acceptors (Lipinski definition) is 4. The predicted octanol–water partition coefficient (Wildman–Crippen LogP) is 1.55. The van der Waals surface area contributed by atoms with Crippen molar-refractivity contribution in [3.63, 3.8) is 0 Å². The van der Waals surface area contributed by atoms with E-state index in [0.717, 1.165) is 24.2 Å². The number of benzene rings is 1. The number of methoxy groups -OCH3 is 1. The van der Waals surface area contributed by atoms with Gasteiger partial charge in [-0.1, -0.05) is 12.1 Å². The van der Waals surface area contributed by atoms with Crippen LogP contribution in [0.3, 0.4) is 0 Å². The van der Waals surface area contributed by atoms with Gasteiger partial charge in [-0.25, -0.2) is 4.79 Å². The van der Waals surface area contributed by atoms with Crippen molar-refractivity contribution >= 4 is 17.8 Å². The van der Waals surface area contributed by atoms with Gasteiger partial charge in [-0.3, -0.25) is 9.59 Å². The standard InChI is InChI=1S/C20H26N2O5/c1-14(23)22-13-20(12-17(22)19(25)26)6-8-21(9-7-20)18(24)11-15-4-3-5-16(10-15)27-2/h3-5,10,17H,6-9,11-13H2,1-2H3,(H,25,26). The molecule has 1 N–H and O–H groups in total. The average molecular weight is 374 g/mol. The van der Waals surface area contributed by atoms with E-state index in [4.69, 9.17) is 4.74 Å². The highest BCUT2D eigenvalue weighted by atomic mass is 16.5. The van der Waals surface area contributed by atoms with Crippen molar-refractivity contribution in [1.29, 1.82) is 0 Å². The fraction of sp³-hybridized carbons (Fsp3) is 0.550. The molecule has 7 nitrogen and oxygen atoms in total. The van der Waals surface area contributed by atoms with Crippen molar-refractivity contribution in [2.75, 3.05) is 26.7 Å². The van der Waals surface area contributed by atoms with Crippen LogP contribution in [-0.4, -0.2) is 65.5 Å². The highest BCUT2D eigenvalue weighted by molar-refractivity contribution is 5.83. The van der Waals surface area contributed by atoms with E-state index in [-0.39, 0.29) is 17.2 Å². The lowest BCUT2D eigenvalue weighted by Gasteiger charge is -2.39. The fourth-order valence-electron chi connectivity index (χ4n) is 4.27. The first-order valence-electron chi connectivity index (χ1n) is 9.24. The molecule has 1 aromatic rings. The second-order valence-electron chi connectivity index (χ2n) is 7.61. The van der Waals surface area contributed by atoms with Gasteiger partial charge in [-0.15, -0.1) is 0 Å². The van der Waals surface area contributed by atoms with E-state index in [1.165, 1.54) is 11.8 Å². The van der Waals surface area contributed by atoms with Crippen LogP contribution in [0.25, 0.3) is 0 Å². The van der Waals surface area contributed by atoms with E-state index in [9.17, 15) is 19.5 Å². The Balaban J connectivity index is 1.60. The summed E-state index contributed by atoms with van der Waals surface area (Å²) in [4.78, 5) is 39.3. The normalized spacial score (nSPS) is 21.3. The van der Waals surface area contributed by atoms with Gasteiger partial charge in [-0.2, -0.15) is 0 Å². The third-order valence-corrected chi connectivity index (χ3v) is 5.86. The Morgan fingerprint density at radius 3 is 2.52 bits per heavy atom. The smallest absolute Gasteiger partial charge is 0.326 e. The second-order valence-corrected chi connectivity index (χ2v) is 7.61. The van der Waals surface area contributed by atoms with Crippen molar-refractivity contribution in [1.82, 2.24) is 9.80 Å². The van der Waals surface area contributed by atoms with Gasteiger partial charge in [0.15, 0.2) is 0 Å². The number of likely N-dealkylation sites (tertiary alicyclic amines) is 2. The van der Waals surface area contributed by atoms with E-state index >= 15 is 0 Å². The number of carboxylic acid groups (broad SMARTS) is 1. The molecule has 27 heavy (non-hydrogen) atoms. The highest BCUT2D eigenvalue weighted by Crippen LogP contribution is 2.43. The van der Waals surface area contributed by atoms with E-state index in [1.807, 2.05) is 29.2 Å². The molecule has 146 valence electrons. The molecular weight excluding hydrogens is 348 g/mol. The molecule has 2 aliphatic rings. The molecule has 0 radical (unpaired) electrons. The summed E-state index contributed by atoms with van der Waals surface area (Å²) in [6, 6.07) is 6.74. The van der Waals surface area contributed by atoms with E-state index < -0.39 is 12.0 Å². The number of carbonyl (C=O) groups excluding carboxylic acids is 2. The van der Waals surface area contributed by atoms with Crippen LogP contribution in [0, 0.1) is 5.41 Å². The SMILES string of the molecule is COc1cccc(CC(=O)N2CCC3(CC2)CC(C(=O)O)N(C(C)=O)C3)c1. The number of aliphatic carboxylic acids is 1. The van der Waals surface area contributed by atoms with Crippen molar-refractivity contribution < 1.29 is 24.2 Å². The summed E-state index contributed by atoms with van der Waals surface area (Å²) < 4.78 is 5.20. The monoisotopic (exact) mass is 374 g/mol. The molecule has 0 aliphatic carbocycles. The number of hydrogen-bond donors (Lipinski definition) is 1. The lowest BCUT2D eigenvalue weighted by molar-refractivity contribution is -0.147. The molecule has 1 atom stereocenters. The summed E-state index contributed by atoms with van der Waals surface area (Å²) in [6.07, 6.45) is 2.25. The fourth-order valence-corrected chi connectivity index (χ4v) is 4.27. The second kappa shape index (κ2) is 7.58. The summed E-state index contributed by atoms with van der Waals surface area (Å²) in [6.45, 7) is 3.08. The van der Waals surface area contributed by atoms with Crippen LogP contribution in [0.15, 0.2) is 24.3 Å². The number of carboxylic acids is 1. The number of ether oxygens (including phenoxy) is 1. The van der Waals surface area contributed by atoms with Crippen LogP contribution >= 0.6 is 0 Å². The summed E-state index contributed by atoms with van der Waals surface area (Å²) >= 11 is 0. The third-order valence-electron chi connectivity index (χ3n) is 5.86. The number of carbonyl (C=O) groups is 3. The molecule has 1 unspecified atom stereocenters. The van der Waals surface area contributed by atoms with Crippen LogP contribution in [0.2, 0.25) is 0 Å². The molecular formula is C20H26N2O5. The Bertz CT molecular complexity index is 716. The first-order valence-corrected chi connectivity index (χ1v) is 9.24. The largest absolute Gasteiger partial charge is 0.497 e. The van der Waals surface area contributed by atoms with Crippen molar-refractivity contribution in [2.24, 2.45) is 5.41 Å². The van der Waals surface area contributed by atoms with Crippen LogP contribution in [0.1, 0.15) is 31.7 Å². The van der Waals surface area contributed by atoms with Gasteiger partial charge in [-0.05, 0) is 42.4 Å². The van der Waals surface area contributed by atoms with Gasteiger partial charge in [0.1, 0.15) is 11.8 Å². The number of amides is 2. The van der Waals surface area contributed by atoms with Crippen molar-refractivity contribution in [3.05, 3.63) is 29.8 Å². The summed E-state index contributed by atoms with van der Waals surface area (Å²) in [7, 11) is 1.60. The lowest BCUT2D eigenvalue weighted by Crippen LogP contribution is -2.45. The maximum absolute atomic E-state index is 12.6. The molecule has 2 heterocycles. The average Bonchev–Trinajstić information content (AvgIpc) is 3.02. The summed E-state index contributed by atoms with van der Waals surface area (Å²) in [5, 5.41) is 9.42. The molecule has 0 aromatic heterocycles. The van der Waals surface area contributed by atoms with Gasteiger partial charge >= 0.3 is 5.97 Å². The molecule has 2 fully saturated rings. The first kappa shape index (κ1) is 19.2. The van der Waals surface area contributed by atoms with Crippen molar-refractivity contribution in [3.8, 4) is 5.75 Å². The lowest BCUT2D eigenvalue weighted by atomic mass is 9.76. The zero-order chi connectivity index (χ0) is 19.6. The Kier molecular flexibility index (Phi) is 5.39. The highest BCUT2D eigenvalue weighted by Gasteiger charge is 2.49. The first-order chi connectivity index (χ1) is 12.8. The maximum Gasteiger partial charge on any atom is 0.326 e. The Morgan fingerprint density at radius 1 is 1.26 bits per heavy atom. The molecule has 7 heteroatoms. The Morgan fingerprint density at radius 2 is 1.96 bits per heavy atom. The molecule has 2 amide bonds. The maximum atomic E-state index is 12.6. The van der Waals surface area contributed by atoms with Gasteiger partial charge in [0, 0.05) is 26.6 Å². The van der Waals surface area contributed by atoms with Crippen LogP contribution in [0.4, 0.5) is 0 Å². The minimum Gasteiger partial charge on any atom is -0.497 e. The Labute approximate surface area is 158 Å². The third kappa shape index (κ3) is 4.07. The molecule has 1 aromatic carbocycles. The molecule has 2 aliphatic heterocycles. The van der Waals surface area contributed by atoms with Gasteiger partial charge in [0.2, 0.25) is 11.8 Å².